The summed E-state index contributed by atoms with van der Waals surface area (Å²) in [5.74, 6) is 0. The molecule has 5 heteroatoms. The minimum absolute atomic E-state index is 0.00376. The van der Waals surface area contributed by atoms with Gasteiger partial charge >= 0.3 is 0 Å². The van der Waals surface area contributed by atoms with Crippen LogP contribution in [0.4, 0.5) is 51.2 Å². The molecule has 9 aromatic rings. The Morgan fingerprint density at radius 3 is 1.47 bits per heavy atom. The summed E-state index contributed by atoms with van der Waals surface area (Å²) in [6, 6.07) is 66.0. The lowest BCUT2D eigenvalue weighted by Gasteiger charge is -2.47. The molecule has 0 saturated heterocycles. The quantitative estimate of drug-likeness (QED) is 0.154. The molecule has 1 aromatic heterocycles. The monoisotopic (exact) mass is 1050 g/mol. The minimum atomic E-state index is -0.0636. The molecular weight excluding hydrogens is 974 g/mol. The Hall–Kier alpha value is -6.82. The number of fused-ring (bicyclic) bond motifs is 8. The van der Waals surface area contributed by atoms with Gasteiger partial charge in [-0.25, -0.2) is 0 Å². The van der Waals surface area contributed by atoms with Crippen LogP contribution < -0.4 is 30.4 Å². The van der Waals surface area contributed by atoms with E-state index in [1.54, 1.807) is 0 Å². The molecule has 0 fully saturated rings. The molecular formula is C74H78BN3S. The zero-order valence-corrected chi connectivity index (χ0v) is 50.1. The number of thiophene rings is 1. The third kappa shape index (κ3) is 8.34. The van der Waals surface area contributed by atoms with Gasteiger partial charge in [0.15, 0.2) is 0 Å². The second kappa shape index (κ2) is 17.8. The SMILES string of the molecule is CC(C)(C)c1ccc(N2c3cc4c(cc3B3c5sc6cc7c(cc6c5N(c5ccc(C(C)(C)C)cc5-c5ccccc5)c5cc(N(c6ccccc6)c6ccccc6)cc2c53)C(C)(C)CCC7(C)C)C(C)(C)CCC4(C)C)cc1. The van der Waals surface area contributed by atoms with E-state index in [-0.39, 0.29) is 39.2 Å². The van der Waals surface area contributed by atoms with Gasteiger partial charge in [0.1, 0.15) is 0 Å². The van der Waals surface area contributed by atoms with E-state index in [0.29, 0.717) is 0 Å². The molecule has 2 aliphatic heterocycles. The van der Waals surface area contributed by atoms with E-state index in [1.165, 1.54) is 111 Å². The normalized spacial score (nSPS) is 17.4. The fourth-order valence-electron chi connectivity index (χ4n) is 14.0. The molecule has 79 heavy (non-hydrogen) atoms. The molecule has 0 unspecified atom stereocenters. The van der Waals surface area contributed by atoms with Crippen molar-refractivity contribution in [1.29, 1.82) is 0 Å². The standard InChI is InChI=1S/C74H78BN3S/c1-69(2,3)48-30-33-52(34-31-48)77-62-45-58-57(72(9,10)37-38-73(58,11)12)44-60(62)75-66-63(77)41-53(76(50-26-20-16-21-27-50)51-28-22-17-23-29-51)42-64(66)78(61-35-32-49(70(4,5)6)40-54(61)47-24-18-15-19-25-47)67-55-43-56-59(46-65(55)79-68(67)75)74(13,14)39-36-71(56,7)8/h15-35,40-46H,36-39H2,1-14H3. The van der Waals surface area contributed by atoms with E-state index in [4.69, 9.17) is 0 Å². The summed E-state index contributed by atoms with van der Waals surface area (Å²) < 4.78 is 2.80. The van der Waals surface area contributed by atoms with Gasteiger partial charge in [0.25, 0.3) is 6.71 Å². The van der Waals surface area contributed by atoms with Crippen LogP contribution in [-0.4, -0.2) is 6.71 Å². The Bertz CT molecular complexity index is 3830. The highest BCUT2D eigenvalue weighted by Gasteiger charge is 2.49. The summed E-state index contributed by atoms with van der Waals surface area (Å²) in [6.45, 7) is 33.9. The maximum Gasteiger partial charge on any atom is 0.264 e. The van der Waals surface area contributed by atoms with Crippen LogP contribution >= 0.6 is 11.3 Å². The van der Waals surface area contributed by atoms with Crippen LogP contribution in [-0.2, 0) is 32.5 Å². The summed E-state index contributed by atoms with van der Waals surface area (Å²) in [5.41, 5.74) is 24.7. The average Bonchev–Trinajstić information content (AvgIpc) is 2.91. The fraction of sp³-hybridized carbons (Fsp3) is 0.324. The highest BCUT2D eigenvalue weighted by molar-refractivity contribution is 7.33. The van der Waals surface area contributed by atoms with Gasteiger partial charge in [-0.15, -0.1) is 11.3 Å². The number of nitrogens with zero attached hydrogens (tertiary/aromatic N) is 3. The summed E-state index contributed by atoms with van der Waals surface area (Å²) in [5, 5.41) is 1.35. The van der Waals surface area contributed by atoms with Gasteiger partial charge in [-0.3, -0.25) is 0 Å². The highest BCUT2D eigenvalue weighted by atomic mass is 32.1. The predicted octanol–water partition coefficient (Wildman–Crippen LogP) is 19.4. The molecule has 0 N–H and O–H groups in total. The van der Waals surface area contributed by atoms with Crippen molar-refractivity contribution in [2.24, 2.45) is 0 Å². The first kappa shape index (κ1) is 51.6. The Morgan fingerprint density at radius 1 is 0.443 bits per heavy atom. The molecule has 0 spiro atoms. The van der Waals surface area contributed by atoms with E-state index in [1.807, 2.05) is 0 Å². The van der Waals surface area contributed by atoms with E-state index in [0.717, 1.165) is 36.3 Å². The molecule has 0 saturated carbocycles. The molecule has 4 aliphatic rings. The predicted molar refractivity (Wildman–Crippen MR) is 344 cm³/mol. The number of anilines is 9. The maximum atomic E-state index is 2.75. The number of para-hydroxylation sites is 2. The van der Waals surface area contributed by atoms with Gasteiger partial charge in [0.2, 0.25) is 0 Å². The van der Waals surface area contributed by atoms with Crippen molar-refractivity contribution >= 4 is 95.0 Å². The molecule has 0 atom stereocenters. The Kier molecular flexibility index (Phi) is 11.7. The summed E-state index contributed by atoms with van der Waals surface area (Å²) in [7, 11) is 0. The first-order valence-electron chi connectivity index (χ1n) is 29.2. The van der Waals surface area contributed by atoms with Gasteiger partial charge in [-0.2, -0.15) is 0 Å². The van der Waals surface area contributed by atoms with Crippen molar-refractivity contribution in [1.82, 2.24) is 0 Å². The van der Waals surface area contributed by atoms with Crippen LogP contribution in [0.1, 0.15) is 156 Å². The molecule has 13 rings (SSSR count). The summed E-state index contributed by atoms with van der Waals surface area (Å²) in [4.78, 5) is 7.91. The zero-order chi connectivity index (χ0) is 55.3. The van der Waals surface area contributed by atoms with Crippen molar-refractivity contribution < 1.29 is 0 Å². The van der Waals surface area contributed by atoms with Gasteiger partial charge < -0.3 is 14.7 Å². The van der Waals surface area contributed by atoms with Crippen LogP contribution in [0, 0.1) is 0 Å². The lowest BCUT2D eigenvalue weighted by molar-refractivity contribution is 0.332. The average molecular weight is 1050 g/mol. The number of benzene rings is 8. The maximum absolute atomic E-state index is 2.75. The molecule has 0 radical (unpaired) electrons. The third-order valence-corrected chi connectivity index (χ3v) is 20.3. The van der Waals surface area contributed by atoms with E-state index >= 15 is 0 Å². The molecule has 8 aromatic carbocycles. The number of hydrogen-bond donors (Lipinski definition) is 0. The van der Waals surface area contributed by atoms with E-state index in [9.17, 15) is 0 Å². The van der Waals surface area contributed by atoms with Gasteiger partial charge in [0, 0.05) is 54.6 Å². The van der Waals surface area contributed by atoms with E-state index < -0.39 is 0 Å². The van der Waals surface area contributed by atoms with E-state index in [2.05, 4.69) is 293 Å². The van der Waals surface area contributed by atoms with Crippen LogP contribution in [0.3, 0.4) is 0 Å². The van der Waals surface area contributed by atoms with Crippen molar-refractivity contribution in [2.75, 3.05) is 14.7 Å². The molecule has 2 aliphatic carbocycles. The Balaban J connectivity index is 1.23. The third-order valence-electron chi connectivity index (χ3n) is 19.1. The number of rotatable bonds is 6. The first-order chi connectivity index (χ1) is 37.4. The summed E-state index contributed by atoms with van der Waals surface area (Å²) >= 11 is 2.06. The summed E-state index contributed by atoms with van der Waals surface area (Å²) in [6.07, 6.45) is 4.63. The van der Waals surface area contributed by atoms with Crippen molar-refractivity contribution in [3.05, 3.63) is 203 Å². The smallest absolute Gasteiger partial charge is 0.264 e. The second-order valence-electron chi connectivity index (χ2n) is 28.4. The van der Waals surface area contributed by atoms with Gasteiger partial charge in [0.05, 0.1) is 17.1 Å². The lowest BCUT2D eigenvalue weighted by atomic mass is 9.35. The van der Waals surface area contributed by atoms with Crippen molar-refractivity contribution in [2.45, 2.75) is 155 Å². The second-order valence-corrected chi connectivity index (χ2v) is 29.4. The van der Waals surface area contributed by atoms with Crippen LogP contribution in [0.2, 0.25) is 0 Å². The van der Waals surface area contributed by atoms with Crippen LogP contribution in [0.5, 0.6) is 0 Å². The minimum Gasteiger partial charge on any atom is -0.311 e. The fourth-order valence-corrected chi connectivity index (χ4v) is 15.3. The Labute approximate surface area is 476 Å². The van der Waals surface area contributed by atoms with Crippen molar-refractivity contribution in [3.63, 3.8) is 0 Å². The van der Waals surface area contributed by atoms with Gasteiger partial charge in [-0.1, -0.05) is 188 Å². The topological polar surface area (TPSA) is 9.72 Å². The lowest BCUT2D eigenvalue weighted by Crippen LogP contribution is -2.61. The molecule has 398 valence electrons. The van der Waals surface area contributed by atoms with Crippen LogP contribution in [0.25, 0.3) is 21.2 Å². The van der Waals surface area contributed by atoms with Crippen molar-refractivity contribution in [3.8, 4) is 11.1 Å². The van der Waals surface area contributed by atoms with Gasteiger partial charge in [-0.05, 0) is 187 Å². The largest absolute Gasteiger partial charge is 0.311 e. The molecule has 0 amide bonds. The number of hydrogen-bond acceptors (Lipinski definition) is 4. The molecule has 3 heterocycles. The van der Waals surface area contributed by atoms with Crippen LogP contribution in [0.15, 0.2) is 170 Å². The molecule has 3 nitrogen and oxygen atoms in total. The Morgan fingerprint density at radius 2 is 0.924 bits per heavy atom. The first-order valence-corrected chi connectivity index (χ1v) is 30.0. The zero-order valence-electron chi connectivity index (χ0n) is 49.3. The molecule has 0 bridgehead atoms. The highest BCUT2D eigenvalue weighted by Crippen LogP contribution is 2.56.